The van der Waals surface area contributed by atoms with Crippen molar-refractivity contribution in [1.29, 1.82) is 0 Å². The summed E-state index contributed by atoms with van der Waals surface area (Å²) < 4.78 is 10.7. The number of halogens is 2. The third kappa shape index (κ3) is 4.56. The minimum absolute atomic E-state index is 0.000920. The standard InChI is InChI=1S/C17H16Cl2N2O5/c1-3-26-16-14(19)6-10(7-15(16)25-2)9-20-17(22)12-5-4-11(21(23)24)8-13(12)18/h4-8H,3,9H2,1-2H3,(H,20,22). The van der Waals surface area contributed by atoms with Gasteiger partial charge in [0.25, 0.3) is 11.6 Å². The van der Waals surface area contributed by atoms with Crippen LogP contribution in [0.1, 0.15) is 22.8 Å². The summed E-state index contributed by atoms with van der Waals surface area (Å²) >= 11 is 12.1. The molecule has 0 aliphatic rings. The number of amides is 1. The molecule has 0 aliphatic heterocycles. The number of nitrogens with zero attached hydrogens (tertiary/aromatic N) is 1. The van der Waals surface area contributed by atoms with E-state index in [1.807, 2.05) is 6.92 Å². The number of methoxy groups -OCH3 is 1. The fraction of sp³-hybridized carbons (Fsp3) is 0.235. The maximum atomic E-state index is 12.3. The van der Waals surface area contributed by atoms with Crippen LogP contribution in [0, 0.1) is 10.1 Å². The van der Waals surface area contributed by atoms with Crippen molar-refractivity contribution in [2.45, 2.75) is 13.5 Å². The molecule has 1 N–H and O–H groups in total. The first-order valence-corrected chi connectivity index (χ1v) is 8.34. The summed E-state index contributed by atoms with van der Waals surface area (Å²) in [5.74, 6) is 0.427. The molecule has 138 valence electrons. The van der Waals surface area contributed by atoms with Gasteiger partial charge in [0.05, 0.1) is 34.2 Å². The number of non-ortho nitro benzene ring substituents is 1. The molecule has 2 aromatic carbocycles. The van der Waals surface area contributed by atoms with E-state index in [1.165, 1.54) is 19.2 Å². The summed E-state index contributed by atoms with van der Waals surface area (Å²) in [7, 11) is 1.49. The molecule has 7 nitrogen and oxygen atoms in total. The van der Waals surface area contributed by atoms with E-state index in [9.17, 15) is 14.9 Å². The normalized spacial score (nSPS) is 10.3. The van der Waals surface area contributed by atoms with E-state index < -0.39 is 10.8 Å². The van der Waals surface area contributed by atoms with E-state index >= 15 is 0 Å². The van der Waals surface area contributed by atoms with Gasteiger partial charge in [0, 0.05) is 18.7 Å². The minimum atomic E-state index is -0.582. The van der Waals surface area contributed by atoms with Crippen molar-refractivity contribution in [2.24, 2.45) is 0 Å². The Morgan fingerprint density at radius 3 is 2.54 bits per heavy atom. The van der Waals surface area contributed by atoms with Gasteiger partial charge in [0.2, 0.25) is 0 Å². The molecule has 0 saturated carbocycles. The lowest BCUT2D eigenvalue weighted by Crippen LogP contribution is -2.23. The van der Waals surface area contributed by atoms with E-state index in [2.05, 4.69) is 5.32 Å². The van der Waals surface area contributed by atoms with Crippen molar-refractivity contribution in [3.05, 3.63) is 61.6 Å². The average Bonchev–Trinajstić information content (AvgIpc) is 2.61. The predicted octanol–water partition coefficient (Wildman–Crippen LogP) is 4.24. The molecule has 0 heterocycles. The van der Waals surface area contributed by atoms with Gasteiger partial charge in [0.15, 0.2) is 11.5 Å². The zero-order valence-electron chi connectivity index (χ0n) is 14.0. The summed E-state index contributed by atoms with van der Waals surface area (Å²) in [6, 6.07) is 7.02. The zero-order valence-corrected chi connectivity index (χ0v) is 15.6. The number of nitrogens with one attached hydrogen (secondary N) is 1. The number of nitro benzene ring substituents is 1. The van der Waals surface area contributed by atoms with Gasteiger partial charge < -0.3 is 14.8 Å². The molecule has 0 atom stereocenters. The molecule has 9 heteroatoms. The number of hydrogen-bond acceptors (Lipinski definition) is 5. The highest BCUT2D eigenvalue weighted by molar-refractivity contribution is 6.34. The summed E-state index contributed by atoms with van der Waals surface area (Å²) in [5.41, 5.74) is 0.650. The Bertz CT molecular complexity index is 842. The lowest BCUT2D eigenvalue weighted by atomic mass is 10.1. The molecule has 0 aromatic heterocycles. The Balaban J connectivity index is 2.14. The van der Waals surface area contributed by atoms with Gasteiger partial charge >= 0.3 is 0 Å². The molecular weight excluding hydrogens is 383 g/mol. The summed E-state index contributed by atoms with van der Waals surface area (Å²) in [5, 5.41) is 13.8. The molecular formula is C17H16Cl2N2O5. The molecule has 1 amide bonds. The second-order valence-electron chi connectivity index (χ2n) is 5.15. The van der Waals surface area contributed by atoms with E-state index in [-0.39, 0.29) is 22.8 Å². The molecule has 0 radical (unpaired) electrons. The largest absolute Gasteiger partial charge is 0.493 e. The number of benzene rings is 2. The molecule has 0 saturated heterocycles. The quantitative estimate of drug-likeness (QED) is 0.556. The van der Waals surface area contributed by atoms with Crippen molar-refractivity contribution in [3.8, 4) is 11.5 Å². The predicted molar refractivity (Wildman–Crippen MR) is 98.4 cm³/mol. The summed E-state index contributed by atoms with van der Waals surface area (Å²) in [6.07, 6.45) is 0. The van der Waals surface area contributed by atoms with Gasteiger partial charge in [-0.2, -0.15) is 0 Å². The van der Waals surface area contributed by atoms with Crippen LogP contribution in [-0.2, 0) is 6.54 Å². The summed E-state index contributed by atoms with van der Waals surface area (Å²) in [6.45, 7) is 2.43. The van der Waals surface area contributed by atoms with Crippen molar-refractivity contribution in [1.82, 2.24) is 5.32 Å². The molecule has 0 fully saturated rings. The number of nitro groups is 1. The third-order valence-corrected chi connectivity index (χ3v) is 4.03. The van der Waals surface area contributed by atoms with E-state index in [4.69, 9.17) is 32.7 Å². The van der Waals surface area contributed by atoms with Crippen LogP contribution >= 0.6 is 23.2 Å². The lowest BCUT2D eigenvalue weighted by Gasteiger charge is -2.13. The van der Waals surface area contributed by atoms with Crippen LogP contribution in [0.2, 0.25) is 10.0 Å². The maximum Gasteiger partial charge on any atom is 0.270 e. The molecule has 0 unspecified atom stereocenters. The Kier molecular flexibility index (Phi) is 6.65. The van der Waals surface area contributed by atoms with Crippen molar-refractivity contribution >= 4 is 34.8 Å². The maximum absolute atomic E-state index is 12.3. The lowest BCUT2D eigenvalue weighted by molar-refractivity contribution is -0.384. The second-order valence-corrected chi connectivity index (χ2v) is 5.96. The van der Waals surface area contributed by atoms with E-state index in [0.29, 0.717) is 28.7 Å². The molecule has 0 bridgehead atoms. The molecule has 0 spiro atoms. The topological polar surface area (TPSA) is 90.7 Å². The second kappa shape index (κ2) is 8.73. The molecule has 2 aromatic rings. The Labute approximate surface area is 160 Å². The fourth-order valence-corrected chi connectivity index (χ4v) is 2.79. The van der Waals surface area contributed by atoms with Gasteiger partial charge in [-0.15, -0.1) is 0 Å². The van der Waals surface area contributed by atoms with E-state index in [1.54, 1.807) is 12.1 Å². The van der Waals surface area contributed by atoms with Crippen molar-refractivity contribution < 1.29 is 19.2 Å². The van der Waals surface area contributed by atoms with Crippen LogP contribution in [0.25, 0.3) is 0 Å². The van der Waals surface area contributed by atoms with Crippen LogP contribution in [0.4, 0.5) is 5.69 Å². The highest BCUT2D eigenvalue weighted by Crippen LogP contribution is 2.36. The van der Waals surface area contributed by atoms with Gasteiger partial charge in [-0.25, -0.2) is 0 Å². The van der Waals surface area contributed by atoms with Gasteiger partial charge in [0.1, 0.15) is 0 Å². The number of rotatable bonds is 7. The Hall–Kier alpha value is -2.51. The van der Waals surface area contributed by atoms with Crippen LogP contribution in [0.15, 0.2) is 30.3 Å². The number of ether oxygens (including phenoxy) is 2. The first-order valence-electron chi connectivity index (χ1n) is 7.58. The van der Waals surface area contributed by atoms with E-state index in [0.717, 1.165) is 6.07 Å². The van der Waals surface area contributed by atoms with Gasteiger partial charge in [-0.05, 0) is 30.7 Å². The monoisotopic (exact) mass is 398 g/mol. The fourth-order valence-electron chi connectivity index (χ4n) is 2.24. The van der Waals surface area contributed by atoms with Gasteiger partial charge in [-0.3, -0.25) is 14.9 Å². The molecule has 0 aliphatic carbocycles. The van der Waals surface area contributed by atoms with Crippen LogP contribution in [0.3, 0.4) is 0 Å². The van der Waals surface area contributed by atoms with Crippen LogP contribution in [0.5, 0.6) is 11.5 Å². The van der Waals surface area contributed by atoms with Gasteiger partial charge in [-0.1, -0.05) is 23.2 Å². The smallest absolute Gasteiger partial charge is 0.270 e. The van der Waals surface area contributed by atoms with Crippen LogP contribution in [-0.4, -0.2) is 24.5 Å². The molecule has 26 heavy (non-hydrogen) atoms. The SMILES string of the molecule is CCOc1c(Cl)cc(CNC(=O)c2ccc([N+](=O)[O-])cc2Cl)cc1OC. The molecule has 2 rings (SSSR count). The minimum Gasteiger partial charge on any atom is -0.493 e. The highest BCUT2D eigenvalue weighted by atomic mass is 35.5. The first kappa shape index (κ1) is 19.8. The number of carbonyl (C=O) groups excluding carboxylic acids is 1. The summed E-state index contributed by atoms with van der Waals surface area (Å²) in [4.78, 5) is 22.4. The highest BCUT2D eigenvalue weighted by Gasteiger charge is 2.16. The Morgan fingerprint density at radius 2 is 1.96 bits per heavy atom. The van der Waals surface area contributed by atoms with Crippen LogP contribution < -0.4 is 14.8 Å². The zero-order chi connectivity index (χ0) is 19.3. The number of hydrogen-bond donors (Lipinski definition) is 1. The average molecular weight is 399 g/mol. The number of carbonyl (C=O) groups is 1. The first-order chi connectivity index (χ1) is 12.4. The van der Waals surface area contributed by atoms with Crippen molar-refractivity contribution in [3.63, 3.8) is 0 Å². The Morgan fingerprint density at radius 1 is 1.23 bits per heavy atom. The third-order valence-electron chi connectivity index (χ3n) is 3.44. The van der Waals surface area contributed by atoms with Crippen molar-refractivity contribution in [2.75, 3.05) is 13.7 Å².